The maximum atomic E-state index is 13.2. The number of esters is 1. The molecule has 1 amide bonds. The van der Waals surface area contributed by atoms with Gasteiger partial charge in [-0.1, -0.05) is 48.0 Å². The second-order valence-corrected chi connectivity index (χ2v) is 10.1. The average Bonchev–Trinajstić information content (AvgIpc) is 2.84. The van der Waals surface area contributed by atoms with E-state index in [2.05, 4.69) is 5.32 Å². The van der Waals surface area contributed by atoms with E-state index in [9.17, 15) is 18.0 Å². The third kappa shape index (κ3) is 6.46. The predicted molar refractivity (Wildman–Crippen MR) is 133 cm³/mol. The van der Waals surface area contributed by atoms with E-state index < -0.39 is 28.5 Å². The van der Waals surface area contributed by atoms with Crippen LogP contribution in [0.3, 0.4) is 0 Å². The molecular formula is C26H28N2O6S. The van der Waals surface area contributed by atoms with Crippen LogP contribution in [0.15, 0.2) is 71.6 Å². The normalized spacial score (nSPS) is 11.2. The molecule has 0 unspecified atom stereocenters. The van der Waals surface area contributed by atoms with Gasteiger partial charge in [0.2, 0.25) is 10.0 Å². The van der Waals surface area contributed by atoms with Gasteiger partial charge in [0.25, 0.3) is 5.91 Å². The van der Waals surface area contributed by atoms with Crippen LogP contribution >= 0.6 is 0 Å². The van der Waals surface area contributed by atoms with Gasteiger partial charge in [-0.2, -0.15) is 4.31 Å². The maximum absolute atomic E-state index is 13.2. The Morgan fingerprint density at radius 2 is 1.69 bits per heavy atom. The smallest absolute Gasteiger partial charge is 0.338 e. The average molecular weight is 497 g/mol. The first-order valence-corrected chi connectivity index (χ1v) is 12.3. The summed E-state index contributed by atoms with van der Waals surface area (Å²) < 4.78 is 38.0. The molecule has 0 spiro atoms. The molecule has 8 nitrogen and oxygen atoms in total. The van der Waals surface area contributed by atoms with Gasteiger partial charge in [0.15, 0.2) is 6.61 Å². The van der Waals surface area contributed by atoms with Crippen molar-refractivity contribution >= 4 is 27.6 Å². The lowest BCUT2D eigenvalue weighted by Gasteiger charge is -2.19. The van der Waals surface area contributed by atoms with Crippen molar-refractivity contribution < 1.29 is 27.5 Å². The number of carbonyl (C=O) groups excluding carboxylic acids is 2. The van der Waals surface area contributed by atoms with E-state index in [0.29, 0.717) is 5.69 Å². The Hall–Kier alpha value is -3.69. The second-order valence-electron chi connectivity index (χ2n) is 8.06. The van der Waals surface area contributed by atoms with Gasteiger partial charge in [-0.15, -0.1) is 0 Å². The summed E-state index contributed by atoms with van der Waals surface area (Å²) in [6.45, 7) is 3.43. The van der Waals surface area contributed by atoms with Crippen molar-refractivity contribution in [3.05, 3.63) is 89.0 Å². The van der Waals surface area contributed by atoms with Crippen molar-refractivity contribution in [2.24, 2.45) is 0 Å². The lowest BCUT2D eigenvalue weighted by atomic mass is 10.1. The van der Waals surface area contributed by atoms with Crippen molar-refractivity contribution in [2.75, 3.05) is 26.1 Å². The number of sulfonamides is 1. The number of anilines is 1. The van der Waals surface area contributed by atoms with E-state index in [4.69, 9.17) is 9.47 Å². The van der Waals surface area contributed by atoms with Gasteiger partial charge in [0.1, 0.15) is 10.6 Å². The molecule has 3 rings (SSSR count). The summed E-state index contributed by atoms with van der Waals surface area (Å²) in [6, 6.07) is 18.7. The first kappa shape index (κ1) is 25.9. The highest BCUT2D eigenvalue weighted by Gasteiger charge is 2.27. The van der Waals surface area contributed by atoms with Crippen molar-refractivity contribution in [1.29, 1.82) is 0 Å². The molecule has 0 bridgehead atoms. The minimum Gasteiger partial charge on any atom is -0.495 e. The fourth-order valence-electron chi connectivity index (χ4n) is 3.45. The van der Waals surface area contributed by atoms with E-state index in [-0.39, 0.29) is 22.8 Å². The summed E-state index contributed by atoms with van der Waals surface area (Å²) in [4.78, 5) is 24.7. The van der Waals surface area contributed by atoms with Gasteiger partial charge >= 0.3 is 5.97 Å². The molecule has 9 heteroatoms. The van der Waals surface area contributed by atoms with E-state index >= 15 is 0 Å². The van der Waals surface area contributed by atoms with Crippen molar-refractivity contribution in [1.82, 2.24) is 4.31 Å². The highest BCUT2D eigenvalue weighted by atomic mass is 32.2. The van der Waals surface area contributed by atoms with Crippen LogP contribution < -0.4 is 10.1 Å². The van der Waals surface area contributed by atoms with Crippen LogP contribution in [0.2, 0.25) is 0 Å². The molecule has 0 atom stereocenters. The third-order valence-corrected chi connectivity index (χ3v) is 7.15. The largest absolute Gasteiger partial charge is 0.495 e. The first-order valence-electron chi connectivity index (χ1n) is 10.8. The molecule has 0 aliphatic rings. The van der Waals surface area contributed by atoms with Crippen LogP contribution in [0.4, 0.5) is 5.69 Å². The topological polar surface area (TPSA) is 102 Å². The number of ether oxygens (including phenoxy) is 2. The molecule has 0 saturated heterocycles. The fourth-order valence-corrected chi connectivity index (χ4v) is 4.79. The zero-order valence-electron chi connectivity index (χ0n) is 20.1. The number of carbonyl (C=O) groups is 2. The highest BCUT2D eigenvalue weighted by molar-refractivity contribution is 7.89. The quantitative estimate of drug-likeness (QED) is 0.451. The van der Waals surface area contributed by atoms with Crippen molar-refractivity contribution in [3.63, 3.8) is 0 Å². The van der Waals surface area contributed by atoms with Crippen molar-refractivity contribution in [2.45, 2.75) is 25.3 Å². The summed E-state index contributed by atoms with van der Waals surface area (Å²) in [5.74, 6) is -1.24. The van der Waals surface area contributed by atoms with Gasteiger partial charge in [0, 0.05) is 19.3 Å². The summed E-state index contributed by atoms with van der Waals surface area (Å²) in [5.41, 5.74) is 3.36. The molecule has 0 aliphatic heterocycles. The standard InChI is InChI=1S/C26H28N2O6S/c1-18-10-12-22(19(2)14-18)27-25(29)17-34-26(30)21-11-13-23(33-4)24(15-21)35(31,32)28(3)16-20-8-6-5-7-9-20/h5-15H,16-17H2,1-4H3,(H,27,29). The summed E-state index contributed by atoms with van der Waals surface area (Å²) in [5, 5.41) is 2.70. The fraction of sp³-hybridized carbons (Fsp3) is 0.231. The Morgan fingerprint density at radius 1 is 0.971 bits per heavy atom. The van der Waals surface area contributed by atoms with Gasteiger partial charge < -0.3 is 14.8 Å². The Morgan fingerprint density at radius 3 is 2.34 bits per heavy atom. The van der Waals surface area contributed by atoms with Crippen LogP contribution in [-0.4, -0.2) is 45.4 Å². The van der Waals surface area contributed by atoms with Gasteiger partial charge in [-0.25, -0.2) is 13.2 Å². The van der Waals surface area contributed by atoms with Crippen molar-refractivity contribution in [3.8, 4) is 5.75 Å². The number of hydrogen-bond acceptors (Lipinski definition) is 6. The highest BCUT2D eigenvalue weighted by Crippen LogP contribution is 2.28. The van der Waals surface area contributed by atoms with E-state index in [1.807, 2.05) is 56.3 Å². The van der Waals surface area contributed by atoms with E-state index in [1.165, 1.54) is 36.7 Å². The number of rotatable bonds is 9. The number of aryl methyl sites for hydroxylation is 2. The first-order chi connectivity index (χ1) is 16.6. The number of nitrogens with one attached hydrogen (secondary N) is 1. The van der Waals surface area contributed by atoms with Gasteiger partial charge in [0.05, 0.1) is 12.7 Å². The Bertz CT molecular complexity index is 1320. The van der Waals surface area contributed by atoms with E-state index in [0.717, 1.165) is 16.7 Å². The maximum Gasteiger partial charge on any atom is 0.338 e. The summed E-state index contributed by atoms with van der Waals surface area (Å²) in [7, 11) is -1.20. The zero-order chi connectivity index (χ0) is 25.6. The van der Waals surface area contributed by atoms with E-state index in [1.54, 1.807) is 6.07 Å². The lowest BCUT2D eigenvalue weighted by molar-refractivity contribution is -0.119. The SMILES string of the molecule is COc1ccc(C(=O)OCC(=O)Nc2ccc(C)cc2C)cc1S(=O)(=O)N(C)Cc1ccccc1. The monoisotopic (exact) mass is 496 g/mol. The van der Waals surface area contributed by atoms with Crippen LogP contribution in [0.1, 0.15) is 27.0 Å². The molecule has 0 aromatic heterocycles. The zero-order valence-corrected chi connectivity index (χ0v) is 20.9. The molecule has 3 aromatic carbocycles. The number of amides is 1. The predicted octanol–water partition coefficient (Wildman–Crippen LogP) is 3.93. The second kappa shape index (κ2) is 11.2. The molecule has 0 heterocycles. The van der Waals surface area contributed by atoms with Gasteiger partial charge in [-0.3, -0.25) is 4.79 Å². The molecule has 0 saturated carbocycles. The van der Waals surface area contributed by atoms with Crippen LogP contribution in [0.25, 0.3) is 0 Å². The molecule has 35 heavy (non-hydrogen) atoms. The minimum absolute atomic E-state index is 0.0168. The minimum atomic E-state index is -3.99. The van der Waals surface area contributed by atoms with Crippen LogP contribution in [0, 0.1) is 13.8 Å². The Kier molecular flexibility index (Phi) is 8.26. The third-order valence-electron chi connectivity index (χ3n) is 5.33. The Labute approximate surface area is 205 Å². The molecule has 1 N–H and O–H groups in total. The van der Waals surface area contributed by atoms with Crippen LogP contribution in [-0.2, 0) is 26.1 Å². The summed E-state index contributed by atoms with van der Waals surface area (Å²) in [6.07, 6.45) is 0. The van der Waals surface area contributed by atoms with Gasteiger partial charge in [-0.05, 0) is 49.2 Å². The lowest BCUT2D eigenvalue weighted by Crippen LogP contribution is -2.27. The molecular weight excluding hydrogens is 468 g/mol. The Balaban J connectivity index is 1.73. The number of benzene rings is 3. The summed E-state index contributed by atoms with van der Waals surface area (Å²) >= 11 is 0. The molecule has 0 aliphatic carbocycles. The number of hydrogen-bond donors (Lipinski definition) is 1. The molecule has 184 valence electrons. The molecule has 0 fully saturated rings. The molecule has 0 radical (unpaired) electrons. The number of nitrogens with zero attached hydrogens (tertiary/aromatic N) is 1. The molecule has 3 aromatic rings. The van der Waals surface area contributed by atoms with Crippen LogP contribution in [0.5, 0.6) is 5.75 Å². The number of methoxy groups -OCH3 is 1.